The van der Waals surface area contributed by atoms with Gasteiger partial charge in [-0.3, -0.25) is 4.72 Å². The summed E-state index contributed by atoms with van der Waals surface area (Å²) in [6.45, 7) is 3.63. The zero-order valence-electron chi connectivity index (χ0n) is 17.0. The number of anilines is 1. The van der Waals surface area contributed by atoms with Gasteiger partial charge in [0, 0.05) is 11.8 Å². The Balaban J connectivity index is 1.62. The van der Waals surface area contributed by atoms with Crippen molar-refractivity contribution in [2.24, 2.45) is 0 Å². The number of hydrogen-bond donors (Lipinski definition) is 1. The van der Waals surface area contributed by atoms with Gasteiger partial charge in [-0.15, -0.1) is 0 Å². The number of nitriles is 1. The van der Waals surface area contributed by atoms with E-state index in [1.807, 2.05) is 38.1 Å². The monoisotopic (exact) mass is 429 g/mol. The van der Waals surface area contributed by atoms with E-state index in [0.29, 0.717) is 17.0 Å². The summed E-state index contributed by atoms with van der Waals surface area (Å²) in [5.41, 5.74) is 2.17. The highest BCUT2D eigenvalue weighted by Gasteiger charge is 2.16. The van der Waals surface area contributed by atoms with Crippen molar-refractivity contribution in [2.45, 2.75) is 18.7 Å². The van der Waals surface area contributed by atoms with E-state index in [2.05, 4.69) is 15.8 Å². The average molecular weight is 430 g/mol. The molecular weight excluding hydrogens is 410 g/mol. The lowest BCUT2D eigenvalue weighted by Gasteiger charge is -2.12. The van der Waals surface area contributed by atoms with Crippen LogP contribution in [0.1, 0.15) is 16.8 Å². The van der Waals surface area contributed by atoms with E-state index in [9.17, 15) is 13.7 Å². The molecule has 0 bridgehead atoms. The molecule has 0 fully saturated rings. The lowest BCUT2D eigenvalue weighted by molar-refractivity contribution is 0.459. The number of ether oxygens (including phenoxy) is 1. The van der Waals surface area contributed by atoms with E-state index in [1.165, 1.54) is 0 Å². The molecular formula is C24H19N3O3S. The van der Waals surface area contributed by atoms with Crippen molar-refractivity contribution in [2.75, 3.05) is 4.72 Å². The van der Waals surface area contributed by atoms with Crippen molar-refractivity contribution in [3.8, 4) is 17.7 Å². The minimum atomic E-state index is -3.79. The first-order valence-corrected chi connectivity index (χ1v) is 11.0. The van der Waals surface area contributed by atoms with Crippen LogP contribution < -0.4 is 9.46 Å². The van der Waals surface area contributed by atoms with Crippen LogP contribution in [0.4, 0.5) is 5.69 Å². The number of fused-ring (bicyclic) bond motifs is 1. The van der Waals surface area contributed by atoms with E-state index in [4.69, 9.17) is 4.74 Å². The van der Waals surface area contributed by atoms with E-state index < -0.39 is 10.0 Å². The van der Waals surface area contributed by atoms with E-state index >= 15 is 0 Å². The lowest BCUT2D eigenvalue weighted by Crippen LogP contribution is -2.12. The van der Waals surface area contributed by atoms with Crippen molar-refractivity contribution in [3.63, 3.8) is 0 Å². The van der Waals surface area contributed by atoms with E-state index in [-0.39, 0.29) is 10.8 Å². The zero-order valence-corrected chi connectivity index (χ0v) is 17.8. The Bertz CT molecular complexity index is 1440. The molecule has 0 saturated heterocycles. The van der Waals surface area contributed by atoms with Crippen LogP contribution in [-0.2, 0) is 10.0 Å². The predicted molar refractivity (Wildman–Crippen MR) is 120 cm³/mol. The minimum Gasteiger partial charge on any atom is -0.438 e. The molecule has 4 aromatic rings. The second kappa shape index (κ2) is 8.09. The summed E-state index contributed by atoms with van der Waals surface area (Å²) in [5.74, 6) is 0.558. The Labute approximate surface area is 180 Å². The van der Waals surface area contributed by atoms with Crippen LogP contribution in [0, 0.1) is 25.2 Å². The maximum Gasteiger partial charge on any atom is 0.261 e. The molecule has 6 nitrogen and oxygen atoms in total. The minimum absolute atomic E-state index is 0.167. The average Bonchev–Trinajstić information content (AvgIpc) is 2.73. The third-order valence-corrected chi connectivity index (χ3v) is 6.13. The normalized spacial score (nSPS) is 11.1. The van der Waals surface area contributed by atoms with E-state index in [0.717, 1.165) is 22.0 Å². The van der Waals surface area contributed by atoms with Gasteiger partial charge in [-0.05, 0) is 60.5 Å². The van der Waals surface area contributed by atoms with Gasteiger partial charge in [0.15, 0.2) is 0 Å². The molecule has 1 N–H and O–H groups in total. The van der Waals surface area contributed by atoms with Crippen molar-refractivity contribution < 1.29 is 13.2 Å². The number of aromatic nitrogens is 1. The Morgan fingerprint density at radius 3 is 2.48 bits per heavy atom. The van der Waals surface area contributed by atoms with Gasteiger partial charge in [0.1, 0.15) is 17.4 Å². The fourth-order valence-electron chi connectivity index (χ4n) is 3.30. The Morgan fingerprint density at radius 1 is 0.935 bits per heavy atom. The van der Waals surface area contributed by atoms with Crippen molar-refractivity contribution in [1.29, 1.82) is 5.26 Å². The molecule has 1 heterocycles. The second-order valence-electron chi connectivity index (χ2n) is 7.12. The van der Waals surface area contributed by atoms with Crippen LogP contribution in [0.5, 0.6) is 11.6 Å². The lowest BCUT2D eigenvalue weighted by atomic mass is 10.1. The molecule has 0 amide bonds. The summed E-state index contributed by atoms with van der Waals surface area (Å²) in [6, 6.07) is 23.0. The highest BCUT2D eigenvalue weighted by atomic mass is 32.2. The standard InChI is InChI=1S/C24H19N3O3S/c1-16-12-17(2)26-24(23(16)15-25)30-21-9-5-8-20(14-21)27-31(28,29)22-11-10-18-6-3-4-7-19(18)13-22/h3-14,27H,1-2H3. The van der Waals surface area contributed by atoms with Crippen LogP contribution in [0.25, 0.3) is 10.8 Å². The van der Waals surface area contributed by atoms with E-state index in [1.54, 1.807) is 48.5 Å². The molecule has 0 aliphatic rings. The Kier molecular flexibility index (Phi) is 5.32. The quantitative estimate of drug-likeness (QED) is 0.464. The molecule has 0 atom stereocenters. The first-order chi connectivity index (χ1) is 14.9. The molecule has 4 rings (SSSR count). The number of hydrogen-bond acceptors (Lipinski definition) is 5. The second-order valence-corrected chi connectivity index (χ2v) is 8.80. The summed E-state index contributed by atoms with van der Waals surface area (Å²) < 4.78 is 34.2. The number of nitrogens with one attached hydrogen (secondary N) is 1. The smallest absolute Gasteiger partial charge is 0.261 e. The number of aryl methyl sites for hydroxylation is 2. The zero-order chi connectivity index (χ0) is 22.0. The molecule has 31 heavy (non-hydrogen) atoms. The highest BCUT2D eigenvalue weighted by molar-refractivity contribution is 7.92. The number of benzene rings is 3. The summed E-state index contributed by atoms with van der Waals surface area (Å²) in [4.78, 5) is 4.46. The maximum absolute atomic E-state index is 12.9. The van der Waals surface area contributed by atoms with Crippen LogP contribution in [0.3, 0.4) is 0 Å². The topological polar surface area (TPSA) is 92.1 Å². The van der Waals surface area contributed by atoms with Gasteiger partial charge in [0.25, 0.3) is 10.0 Å². The van der Waals surface area contributed by atoms with Crippen LogP contribution in [-0.4, -0.2) is 13.4 Å². The number of sulfonamides is 1. The molecule has 0 aliphatic heterocycles. The molecule has 0 saturated carbocycles. The van der Waals surface area contributed by atoms with Gasteiger partial charge < -0.3 is 4.74 Å². The Hall–Kier alpha value is -3.89. The van der Waals surface area contributed by atoms with Gasteiger partial charge >= 0.3 is 0 Å². The summed E-state index contributed by atoms with van der Waals surface area (Å²) >= 11 is 0. The molecule has 0 unspecified atom stereocenters. The molecule has 0 radical (unpaired) electrons. The molecule has 0 spiro atoms. The molecule has 1 aromatic heterocycles. The number of pyridine rings is 1. The SMILES string of the molecule is Cc1cc(C)c(C#N)c(Oc2cccc(NS(=O)(=O)c3ccc4ccccc4c3)c2)n1. The first-order valence-electron chi connectivity index (χ1n) is 9.53. The van der Waals surface area contributed by atoms with Crippen molar-refractivity contribution in [3.05, 3.63) is 89.6 Å². The molecule has 7 heteroatoms. The van der Waals surface area contributed by atoms with Crippen LogP contribution in [0.2, 0.25) is 0 Å². The molecule has 0 aliphatic carbocycles. The molecule has 3 aromatic carbocycles. The highest BCUT2D eigenvalue weighted by Crippen LogP contribution is 2.28. The van der Waals surface area contributed by atoms with Crippen molar-refractivity contribution in [1.82, 2.24) is 4.98 Å². The summed E-state index contributed by atoms with van der Waals surface area (Å²) in [7, 11) is -3.79. The van der Waals surface area contributed by atoms with Crippen LogP contribution >= 0.6 is 0 Å². The fourth-order valence-corrected chi connectivity index (χ4v) is 4.38. The maximum atomic E-state index is 12.9. The summed E-state index contributed by atoms with van der Waals surface area (Å²) in [5, 5.41) is 11.2. The van der Waals surface area contributed by atoms with Gasteiger partial charge in [-0.1, -0.05) is 36.4 Å². The van der Waals surface area contributed by atoms with Crippen molar-refractivity contribution >= 4 is 26.5 Å². The van der Waals surface area contributed by atoms with Crippen LogP contribution in [0.15, 0.2) is 77.7 Å². The number of nitrogens with zero attached hydrogens (tertiary/aromatic N) is 2. The first kappa shape index (κ1) is 20.4. The Morgan fingerprint density at radius 2 is 1.71 bits per heavy atom. The molecule has 154 valence electrons. The van der Waals surface area contributed by atoms with Gasteiger partial charge in [0.05, 0.1) is 10.6 Å². The van der Waals surface area contributed by atoms with Gasteiger partial charge in [-0.2, -0.15) is 5.26 Å². The summed E-state index contributed by atoms with van der Waals surface area (Å²) in [6.07, 6.45) is 0. The predicted octanol–water partition coefficient (Wildman–Crippen LogP) is 5.32. The fraction of sp³-hybridized carbons (Fsp3) is 0.0833. The third-order valence-electron chi connectivity index (χ3n) is 4.76. The number of rotatable bonds is 5. The van der Waals surface area contributed by atoms with Gasteiger partial charge in [-0.25, -0.2) is 13.4 Å². The third kappa shape index (κ3) is 4.34. The largest absolute Gasteiger partial charge is 0.438 e. The van der Waals surface area contributed by atoms with Gasteiger partial charge in [0.2, 0.25) is 5.88 Å².